The van der Waals surface area contributed by atoms with E-state index in [1.165, 1.54) is 11.1 Å². The first-order valence-corrected chi connectivity index (χ1v) is 10.9. The van der Waals surface area contributed by atoms with Crippen molar-refractivity contribution in [1.29, 1.82) is 0 Å². The SMILES string of the molecule is CCCC(=O)Oc1ccc(C)cc1[C@H](CCN(C(C)C)C(C)C)c1ccccc1. The lowest BCUT2D eigenvalue weighted by Gasteiger charge is -2.32. The molecule has 1 atom stereocenters. The van der Waals surface area contributed by atoms with Crippen LogP contribution in [0.5, 0.6) is 5.75 Å². The fourth-order valence-electron chi connectivity index (χ4n) is 3.99. The summed E-state index contributed by atoms with van der Waals surface area (Å²) in [6.07, 6.45) is 2.21. The summed E-state index contributed by atoms with van der Waals surface area (Å²) >= 11 is 0. The van der Waals surface area contributed by atoms with E-state index in [0.717, 1.165) is 24.9 Å². The summed E-state index contributed by atoms with van der Waals surface area (Å²) in [4.78, 5) is 14.7. The predicted octanol–water partition coefficient (Wildman–Crippen LogP) is 6.34. The number of carbonyl (C=O) groups is 1. The van der Waals surface area contributed by atoms with E-state index in [-0.39, 0.29) is 11.9 Å². The zero-order chi connectivity index (χ0) is 21.4. The molecule has 0 amide bonds. The van der Waals surface area contributed by atoms with Gasteiger partial charge in [0.25, 0.3) is 0 Å². The Morgan fingerprint density at radius 1 is 1.00 bits per heavy atom. The van der Waals surface area contributed by atoms with Gasteiger partial charge < -0.3 is 4.74 Å². The standard InChI is InChI=1S/C26H37NO2/c1-7-11-26(28)29-25-15-14-21(6)18-24(25)23(22-12-9-8-10-13-22)16-17-27(19(2)3)20(4)5/h8-10,12-15,18-20,23H,7,11,16-17H2,1-6H3/t23-/m1/s1. The quantitative estimate of drug-likeness (QED) is 0.347. The van der Waals surface area contributed by atoms with Crippen LogP contribution in [0.15, 0.2) is 48.5 Å². The second-order valence-electron chi connectivity index (χ2n) is 8.44. The van der Waals surface area contributed by atoms with Crippen molar-refractivity contribution < 1.29 is 9.53 Å². The molecular weight excluding hydrogens is 358 g/mol. The number of nitrogens with zero attached hydrogens (tertiary/aromatic N) is 1. The van der Waals surface area contributed by atoms with Crippen LogP contribution in [0.1, 0.15) is 76.5 Å². The molecule has 0 saturated carbocycles. The number of carbonyl (C=O) groups excluding carboxylic acids is 1. The molecule has 0 radical (unpaired) electrons. The van der Waals surface area contributed by atoms with Gasteiger partial charge in [-0.25, -0.2) is 0 Å². The largest absolute Gasteiger partial charge is 0.426 e. The normalized spacial score (nSPS) is 12.6. The van der Waals surface area contributed by atoms with Gasteiger partial charge >= 0.3 is 5.97 Å². The highest BCUT2D eigenvalue weighted by atomic mass is 16.5. The van der Waals surface area contributed by atoms with Gasteiger partial charge in [-0.1, -0.05) is 55.0 Å². The zero-order valence-electron chi connectivity index (χ0n) is 18.9. The third-order valence-electron chi connectivity index (χ3n) is 5.42. The van der Waals surface area contributed by atoms with Crippen LogP contribution in [0, 0.1) is 6.92 Å². The maximum atomic E-state index is 12.2. The average molecular weight is 396 g/mol. The predicted molar refractivity (Wildman–Crippen MR) is 122 cm³/mol. The fraction of sp³-hybridized carbons (Fsp3) is 0.500. The highest BCUT2D eigenvalue weighted by Gasteiger charge is 2.23. The van der Waals surface area contributed by atoms with Gasteiger partial charge in [-0.15, -0.1) is 0 Å². The van der Waals surface area contributed by atoms with Crippen molar-refractivity contribution in [3.63, 3.8) is 0 Å². The van der Waals surface area contributed by atoms with E-state index in [9.17, 15) is 4.79 Å². The third-order valence-corrected chi connectivity index (χ3v) is 5.42. The maximum Gasteiger partial charge on any atom is 0.311 e. The van der Waals surface area contributed by atoms with Crippen molar-refractivity contribution in [3.8, 4) is 5.75 Å². The molecule has 0 bridgehead atoms. The first-order valence-electron chi connectivity index (χ1n) is 10.9. The average Bonchev–Trinajstić information content (AvgIpc) is 2.67. The molecule has 0 aliphatic carbocycles. The molecule has 2 aromatic rings. The van der Waals surface area contributed by atoms with Gasteiger partial charge in [-0.05, 0) is 65.6 Å². The Bertz CT molecular complexity index is 760. The Morgan fingerprint density at radius 2 is 1.66 bits per heavy atom. The van der Waals surface area contributed by atoms with Crippen LogP contribution in [0.2, 0.25) is 0 Å². The van der Waals surface area contributed by atoms with Crippen LogP contribution in [-0.2, 0) is 4.79 Å². The molecule has 0 heterocycles. The molecule has 0 fully saturated rings. The number of ether oxygens (including phenoxy) is 1. The molecule has 29 heavy (non-hydrogen) atoms. The van der Waals surface area contributed by atoms with E-state index in [0.29, 0.717) is 24.3 Å². The highest BCUT2D eigenvalue weighted by molar-refractivity contribution is 5.73. The summed E-state index contributed by atoms with van der Waals surface area (Å²) in [5.41, 5.74) is 3.55. The van der Waals surface area contributed by atoms with Crippen LogP contribution < -0.4 is 4.74 Å². The van der Waals surface area contributed by atoms with Crippen molar-refractivity contribution in [2.45, 2.75) is 78.8 Å². The van der Waals surface area contributed by atoms with Gasteiger partial charge in [-0.3, -0.25) is 9.69 Å². The molecule has 0 N–H and O–H groups in total. The second kappa shape index (κ2) is 11.2. The van der Waals surface area contributed by atoms with Gasteiger partial charge in [0.05, 0.1) is 0 Å². The van der Waals surface area contributed by atoms with Crippen LogP contribution in [0.3, 0.4) is 0 Å². The van der Waals surface area contributed by atoms with Crippen molar-refractivity contribution >= 4 is 5.97 Å². The van der Waals surface area contributed by atoms with Crippen molar-refractivity contribution in [2.24, 2.45) is 0 Å². The lowest BCUT2D eigenvalue weighted by atomic mass is 9.86. The molecule has 0 aliphatic rings. The molecule has 2 rings (SSSR count). The molecular formula is C26H37NO2. The second-order valence-corrected chi connectivity index (χ2v) is 8.44. The van der Waals surface area contributed by atoms with Gasteiger partial charge in [0, 0.05) is 30.0 Å². The van der Waals surface area contributed by atoms with Crippen molar-refractivity contribution in [2.75, 3.05) is 6.54 Å². The molecule has 3 heteroatoms. The molecule has 158 valence electrons. The van der Waals surface area contributed by atoms with E-state index in [4.69, 9.17) is 4.74 Å². The number of hydrogen-bond acceptors (Lipinski definition) is 3. The monoisotopic (exact) mass is 395 g/mol. The number of hydrogen-bond donors (Lipinski definition) is 0. The van der Waals surface area contributed by atoms with Gasteiger partial charge in [0.1, 0.15) is 5.75 Å². The zero-order valence-corrected chi connectivity index (χ0v) is 18.9. The molecule has 0 spiro atoms. The molecule has 0 unspecified atom stereocenters. The Balaban J connectivity index is 2.41. The molecule has 0 saturated heterocycles. The van der Waals surface area contributed by atoms with Crippen LogP contribution in [-0.4, -0.2) is 29.5 Å². The lowest BCUT2D eigenvalue weighted by Crippen LogP contribution is -2.38. The first kappa shape index (κ1) is 23.2. The minimum absolute atomic E-state index is 0.157. The minimum atomic E-state index is -0.157. The number of rotatable bonds is 10. The Hall–Kier alpha value is -2.13. The number of benzene rings is 2. The number of esters is 1. The summed E-state index contributed by atoms with van der Waals surface area (Å²) in [7, 11) is 0. The Labute approximate surface area is 177 Å². The van der Waals surface area contributed by atoms with E-state index < -0.39 is 0 Å². The topological polar surface area (TPSA) is 29.5 Å². The van der Waals surface area contributed by atoms with Gasteiger partial charge in [0.2, 0.25) is 0 Å². The van der Waals surface area contributed by atoms with Crippen molar-refractivity contribution in [3.05, 3.63) is 65.2 Å². The highest BCUT2D eigenvalue weighted by Crippen LogP contribution is 2.36. The van der Waals surface area contributed by atoms with Crippen LogP contribution in [0.25, 0.3) is 0 Å². The van der Waals surface area contributed by atoms with Crippen LogP contribution in [0.4, 0.5) is 0 Å². The molecule has 2 aromatic carbocycles. The van der Waals surface area contributed by atoms with E-state index in [1.807, 2.05) is 25.1 Å². The number of aryl methyl sites for hydroxylation is 1. The van der Waals surface area contributed by atoms with E-state index in [1.54, 1.807) is 0 Å². The van der Waals surface area contributed by atoms with Gasteiger partial charge in [0.15, 0.2) is 0 Å². The van der Waals surface area contributed by atoms with Crippen molar-refractivity contribution in [1.82, 2.24) is 4.90 Å². The Morgan fingerprint density at radius 3 is 2.24 bits per heavy atom. The summed E-state index contributed by atoms with van der Waals surface area (Å²) in [6, 6.07) is 17.7. The maximum absolute atomic E-state index is 12.2. The molecule has 0 aliphatic heterocycles. The summed E-state index contributed by atoms with van der Waals surface area (Å²) < 4.78 is 5.79. The minimum Gasteiger partial charge on any atom is -0.426 e. The van der Waals surface area contributed by atoms with Gasteiger partial charge in [-0.2, -0.15) is 0 Å². The summed E-state index contributed by atoms with van der Waals surface area (Å²) in [5.74, 6) is 0.722. The molecule has 0 aromatic heterocycles. The van der Waals surface area contributed by atoms with E-state index in [2.05, 4.69) is 69.9 Å². The third kappa shape index (κ3) is 6.71. The summed E-state index contributed by atoms with van der Waals surface area (Å²) in [5, 5.41) is 0. The fourth-order valence-corrected chi connectivity index (χ4v) is 3.99. The smallest absolute Gasteiger partial charge is 0.311 e. The van der Waals surface area contributed by atoms with Crippen LogP contribution >= 0.6 is 0 Å². The lowest BCUT2D eigenvalue weighted by molar-refractivity contribution is -0.134. The molecule has 3 nitrogen and oxygen atoms in total. The van der Waals surface area contributed by atoms with E-state index >= 15 is 0 Å². The first-order chi connectivity index (χ1) is 13.8. The Kier molecular flexibility index (Phi) is 8.91. The summed E-state index contributed by atoms with van der Waals surface area (Å²) in [6.45, 7) is 14.1.